The van der Waals surface area contributed by atoms with E-state index in [0.717, 1.165) is 11.3 Å². The van der Waals surface area contributed by atoms with Crippen molar-refractivity contribution in [1.82, 2.24) is 24.7 Å². The summed E-state index contributed by atoms with van der Waals surface area (Å²) in [5.74, 6) is 0. The SMILES string of the molecule is CC(C)(C)c1ccc(S(=O)(=O)NCc2cn(-c3ccncc3)nn2)cc1. The molecule has 1 aromatic carbocycles. The zero-order valence-corrected chi connectivity index (χ0v) is 15.7. The second-order valence-electron chi connectivity index (χ2n) is 6.96. The third-order valence-electron chi connectivity index (χ3n) is 3.94. The summed E-state index contributed by atoms with van der Waals surface area (Å²) in [6, 6.07) is 10.5. The molecule has 0 bridgehead atoms. The average molecular weight is 371 g/mol. The molecule has 0 saturated heterocycles. The molecular formula is C18H21N5O2S. The second kappa shape index (κ2) is 6.97. The van der Waals surface area contributed by atoms with Gasteiger partial charge in [0, 0.05) is 12.4 Å². The van der Waals surface area contributed by atoms with Gasteiger partial charge in [-0.25, -0.2) is 17.8 Å². The molecule has 0 radical (unpaired) electrons. The molecule has 3 rings (SSSR count). The lowest BCUT2D eigenvalue weighted by Gasteiger charge is -2.19. The maximum atomic E-state index is 12.5. The highest BCUT2D eigenvalue weighted by molar-refractivity contribution is 7.89. The van der Waals surface area contributed by atoms with E-state index >= 15 is 0 Å². The lowest BCUT2D eigenvalue weighted by Crippen LogP contribution is -2.23. The van der Waals surface area contributed by atoms with Crippen molar-refractivity contribution in [3.63, 3.8) is 0 Å². The number of hydrogen-bond donors (Lipinski definition) is 1. The third kappa shape index (κ3) is 4.14. The molecule has 0 saturated carbocycles. The number of sulfonamides is 1. The van der Waals surface area contributed by atoms with Crippen molar-refractivity contribution >= 4 is 10.0 Å². The van der Waals surface area contributed by atoms with Gasteiger partial charge in [0.2, 0.25) is 10.0 Å². The summed E-state index contributed by atoms with van der Waals surface area (Å²) in [6.07, 6.45) is 4.99. The lowest BCUT2D eigenvalue weighted by molar-refractivity contribution is 0.577. The Morgan fingerprint density at radius 2 is 1.69 bits per heavy atom. The molecule has 7 nitrogen and oxygen atoms in total. The number of benzene rings is 1. The van der Waals surface area contributed by atoms with Crippen molar-refractivity contribution in [3.05, 3.63) is 66.2 Å². The van der Waals surface area contributed by atoms with Crippen LogP contribution in [0.3, 0.4) is 0 Å². The van der Waals surface area contributed by atoms with Crippen LogP contribution in [-0.4, -0.2) is 28.4 Å². The van der Waals surface area contributed by atoms with Crippen LogP contribution >= 0.6 is 0 Å². The molecular weight excluding hydrogens is 350 g/mol. The van der Waals surface area contributed by atoms with E-state index in [-0.39, 0.29) is 16.9 Å². The molecule has 0 atom stereocenters. The van der Waals surface area contributed by atoms with Crippen LogP contribution in [0.25, 0.3) is 5.69 Å². The van der Waals surface area contributed by atoms with E-state index in [9.17, 15) is 8.42 Å². The van der Waals surface area contributed by atoms with Gasteiger partial charge in [-0.3, -0.25) is 4.98 Å². The smallest absolute Gasteiger partial charge is 0.240 e. The zero-order chi connectivity index (χ0) is 18.8. The molecule has 26 heavy (non-hydrogen) atoms. The number of nitrogens with one attached hydrogen (secondary N) is 1. The quantitative estimate of drug-likeness (QED) is 0.744. The molecule has 0 aliphatic rings. The van der Waals surface area contributed by atoms with Crippen LogP contribution in [0.2, 0.25) is 0 Å². The van der Waals surface area contributed by atoms with Gasteiger partial charge in [-0.15, -0.1) is 5.10 Å². The van der Waals surface area contributed by atoms with E-state index in [0.29, 0.717) is 5.69 Å². The van der Waals surface area contributed by atoms with E-state index in [1.807, 2.05) is 12.1 Å². The normalized spacial score (nSPS) is 12.3. The maximum absolute atomic E-state index is 12.5. The van der Waals surface area contributed by atoms with Crippen LogP contribution < -0.4 is 4.72 Å². The number of pyridine rings is 1. The Bertz CT molecular complexity index is 974. The summed E-state index contributed by atoms with van der Waals surface area (Å²) >= 11 is 0. The van der Waals surface area contributed by atoms with Crippen LogP contribution in [0.15, 0.2) is 59.9 Å². The number of aromatic nitrogens is 4. The topological polar surface area (TPSA) is 89.8 Å². The fourth-order valence-corrected chi connectivity index (χ4v) is 3.39. The number of hydrogen-bond acceptors (Lipinski definition) is 5. The van der Waals surface area contributed by atoms with Gasteiger partial charge >= 0.3 is 0 Å². The van der Waals surface area contributed by atoms with Crippen molar-refractivity contribution in [3.8, 4) is 5.69 Å². The molecule has 3 aromatic rings. The first-order valence-electron chi connectivity index (χ1n) is 8.17. The molecule has 0 spiro atoms. The largest absolute Gasteiger partial charge is 0.265 e. The molecule has 0 aliphatic heterocycles. The van der Waals surface area contributed by atoms with Crippen molar-refractivity contribution in [1.29, 1.82) is 0 Å². The van der Waals surface area contributed by atoms with Gasteiger partial charge < -0.3 is 0 Å². The predicted molar refractivity (Wildman–Crippen MR) is 98.3 cm³/mol. The Kier molecular flexibility index (Phi) is 4.88. The van der Waals surface area contributed by atoms with Crippen LogP contribution in [0.4, 0.5) is 0 Å². The highest BCUT2D eigenvalue weighted by Crippen LogP contribution is 2.23. The second-order valence-corrected chi connectivity index (χ2v) is 8.73. The fraction of sp³-hybridized carbons (Fsp3) is 0.278. The van der Waals surface area contributed by atoms with Gasteiger partial charge in [0.1, 0.15) is 0 Å². The third-order valence-corrected chi connectivity index (χ3v) is 5.36. The zero-order valence-electron chi connectivity index (χ0n) is 14.9. The summed E-state index contributed by atoms with van der Waals surface area (Å²) < 4.78 is 29.1. The molecule has 0 aliphatic carbocycles. The van der Waals surface area contributed by atoms with Gasteiger partial charge in [-0.05, 0) is 35.2 Å². The summed E-state index contributed by atoms with van der Waals surface area (Å²) in [7, 11) is -3.61. The van der Waals surface area contributed by atoms with E-state index < -0.39 is 10.0 Å². The number of rotatable bonds is 5. The van der Waals surface area contributed by atoms with Crippen molar-refractivity contribution < 1.29 is 8.42 Å². The Balaban J connectivity index is 1.70. The Labute approximate surface area is 153 Å². The minimum atomic E-state index is -3.61. The Morgan fingerprint density at radius 1 is 1.04 bits per heavy atom. The van der Waals surface area contributed by atoms with Crippen LogP contribution in [0.1, 0.15) is 32.0 Å². The van der Waals surface area contributed by atoms with Gasteiger partial charge in [0.15, 0.2) is 0 Å². The summed E-state index contributed by atoms with van der Waals surface area (Å²) in [6.45, 7) is 6.32. The van der Waals surface area contributed by atoms with Gasteiger partial charge in [-0.2, -0.15) is 0 Å². The number of nitrogens with zero attached hydrogens (tertiary/aromatic N) is 4. The summed E-state index contributed by atoms with van der Waals surface area (Å²) in [5.41, 5.74) is 2.38. The minimum absolute atomic E-state index is 0.0266. The molecule has 0 amide bonds. The molecule has 0 fully saturated rings. The van der Waals surface area contributed by atoms with Crippen molar-refractivity contribution in [2.24, 2.45) is 0 Å². The standard InChI is InChI=1S/C18H21N5O2S/c1-18(2,3)14-4-6-17(7-5-14)26(24,25)20-12-15-13-23(22-21-15)16-8-10-19-11-9-16/h4-11,13,20H,12H2,1-3H3. The summed E-state index contributed by atoms with van der Waals surface area (Å²) in [4.78, 5) is 4.18. The van der Waals surface area contributed by atoms with Gasteiger partial charge in [0.25, 0.3) is 0 Å². The first kappa shape index (κ1) is 18.2. The predicted octanol–water partition coefficient (Wildman–Crippen LogP) is 2.44. The van der Waals surface area contributed by atoms with E-state index in [4.69, 9.17) is 0 Å². The van der Waals surface area contributed by atoms with E-state index in [1.54, 1.807) is 47.5 Å². The van der Waals surface area contributed by atoms with Crippen molar-refractivity contribution in [2.75, 3.05) is 0 Å². The molecule has 136 valence electrons. The molecule has 2 aromatic heterocycles. The first-order valence-corrected chi connectivity index (χ1v) is 9.66. The van der Waals surface area contributed by atoms with E-state index in [2.05, 4.69) is 40.8 Å². The Morgan fingerprint density at radius 3 is 2.31 bits per heavy atom. The lowest BCUT2D eigenvalue weighted by atomic mass is 9.87. The summed E-state index contributed by atoms with van der Waals surface area (Å²) in [5, 5.41) is 8.00. The van der Waals surface area contributed by atoms with E-state index in [1.165, 1.54) is 0 Å². The van der Waals surface area contributed by atoms with Crippen LogP contribution in [0.5, 0.6) is 0 Å². The van der Waals surface area contributed by atoms with Crippen LogP contribution in [0, 0.1) is 0 Å². The fourth-order valence-electron chi connectivity index (χ4n) is 2.39. The van der Waals surface area contributed by atoms with Gasteiger partial charge in [-0.1, -0.05) is 38.1 Å². The molecule has 0 unspecified atom stereocenters. The highest BCUT2D eigenvalue weighted by Gasteiger charge is 2.18. The molecule has 1 N–H and O–H groups in total. The van der Waals surface area contributed by atoms with Crippen molar-refractivity contribution in [2.45, 2.75) is 37.6 Å². The van der Waals surface area contributed by atoms with Crippen LogP contribution in [-0.2, 0) is 22.0 Å². The maximum Gasteiger partial charge on any atom is 0.240 e. The minimum Gasteiger partial charge on any atom is -0.265 e. The molecule has 2 heterocycles. The average Bonchev–Trinajstić information content (AvgIpc) is 3.09. The highest BCUT2D eigenvalue weighted by atomic mass is 32.2. The monoisotopic (exact) mass is 371 g/mol. The molecule has 8 heteroatoms. The first-order chi connectivity index (χ1) is 12.3. The van der Waals surface area contributed by atoms with Gasteiger partial charge in [0.05, 0.1) is 29.0 Å². The Hall–Kier alpha value is -2.58.